The lowest BCUT2D eigenvalue weighted by Crippen LogP contribution is -2.03. The van der Waals surface area contributed by atoms with E-state index in [0.717, 1.165) is 36.5 Å². The summed E-state index contributed by atoms with van der Waals surface area (Å²) in [6.07, 6.45) is 5.91. The molecule has 0 spiro atoms. The molecule has 0 saturated heterocycles. The summed E-state index contributed by atoms with van der Waals surface area (Å²) in [7, 11) is 0. The van der Waals surface area contributed by atoms with Crippen LogP contribution in [0.5, 0.6) is 0 Å². The number of hydrogen-bond donors (Lipinski definition) is 1. The summed E-state index contributed by atoms with van der Waals surface area (Å²) >= 11 is 0. The van der Waals surface area contributed by atoms with E-state index in [9.17, 15) is 0 Å². The van der Waals surface area contributed by atoms with Gasteiger partial charge in [-0.2, -0.15) is 0 Å². The molecule has 3 heteroatoms. The second-order valence-electron chi connectivity index (χ2n) is 4.40. The van der Waals surface area contributed by atoms with Crippen molar-refractivity contribution in [2.75, 3.05) is 5.73 Å². The summed E-state index contributed by atoms with van der Waals surface area (Å²) in [6, 6.07) is 6.19. The molecule has 1 aromatic carbocycles. The molecule has 90 valence electrons. The predicted molar refractivity (Wildman–Crippen MR) is 70.9 cm³/mol. The summed E-state index contributed by atoms with van der Waals surface area (Å²) < 4.78 is 2.21. The molecule has 0 aliphatic carbocycles. The summed E-state index contributed by atoms with van der Waals surface area (Å²) in [5, 5.41) is 0. The minimum atomic E-state index is 0.852. The highest BCUT2D eigenvalue weighted by molar-refractivity contribution is 5.48. The van der Waals surface area contributed by atoms with Gasteiger partial charge in [0, 0.05) is 31.0 Å². The van der Waals surface area contributed by atoms with Crippen LogP contribution in [0, 0.1) is 6.92 Å². The second kappa shape index (κ2) is 5.04. The number of hydrogen-bond acceptors (Lipinski definition) is 2. The van der Waals surface area contributed by atoms with Crippen LogP contribution in [0.1, 0.15) is 30.3 Å². The zero-order chi connectivity index (χ0) is 12.3. The lowest BCUT2D eigenvalue weighted by Gasteiger charge is -2.08. The van der Waals surface area contributed by atoms with E-state index in [1.807, 2.05) is 25.4 Å². The lowest BCUT2D eigenvalue weighted by atomic mass is 10.1. The third kappa shape index (κ3) is 2.67. The third-order valence-corrected chi connectivity index (χ3v) is 2.96. The van der Waals surface area contributed by atoms with E-state index in [1.165, 1.54) is 5.56 Å². The Morgan fingerprint density at radius 2 is 2.18 bits per heavy atom. The Morgan fingerprint density at radius 3 is 2.88 bits per heavy atom. The Kier molecular flexibility index (Phi) is 3.47. The summed E-state index contributed by atoms with van der Waals surface area (Å²) in [5.74, 6) is 1.12. The summed E-state index contributed by atoms with van der Waals surface area (Å²) in [5.41, 5.74) is 9.07. The number of aryl methyl sites for hydroxylation is 2. The van der Waals surface area contributed by atoms with E-state index >= 15 is 0 Å². The van der Waals surface area contributed by atoms with Crippen molar-refractivity contribution < 1.29 is 0 Å². The minimum Gasteiger partial charge on any atom is -0.399 e. The molecule has 0 amide bonds. The van der Waals surface area contributed by atoms with Gasteiger partial charge in [0.2, 0.25) is 0 Å². The number of imidazole rings is 1. The van der Waals surface area contributed by atoms with Crippen LogP contribution in [0.4, 0.5) is 5.69 Å². The van der Waals surface area contributed by atoms with E-state index in [0.29, 0.717) is 0 Å². The predicted octanol–water partition coefficient (Wildman–Crippen LogP) is 2.77. The zero-order valence-electron chi connectivity index (χ0n) is 10.5. The van der Waals surface area contributed by atoms with E-state index < -0.39 is 0 Å². The summed E-state index contributed by atoms with van der Waals surface area (Å²) in [4.78, 5) is 4.41. The SMILES string of the molecule is CCCn1ccnc1Cc1ccc(N)c(C)c1. The average molecular weight is 229 g/mol. The minimum absolute atomic E-state index is 0.852. The topological polar surface area (TPSA) is 43.8 Å². The molecule has 0 bridgehead atoms. The van der Waals surface area contributed by atoms with Crippen molar-refractivity contribution in [2.45, 2.75) is 33.2 Å². The van der Waals surface area contributed by atoms with Gasteiger partial charge in [0.15, 0.2) is 0 Å². The maximum absolute atomic E-state index is 5.82. The van der Waals surface area contributed by atoms with E-state index in [1.54, 1.807) is 0 Å². The molecule has 0 radical (unpaired) electrons. The number of rotatable bonds is 4. The molecule has 2 rings (SSSR count). The van der Waals surface area contributed by atoms with Crippen molar-refractivity contribution in [1.29, 1.82) is 0 Å². The van der Waals surface area contributed by atoms with E-state index in [2.05, 4.69) is 28.6 Å². The standard InChI is InChI=1S/C14H19N3/c1-3-7-17-8-6-16-14(17)10-12-4-5-13(15)11(2)9-12/h4-6,8-9H,3,7,10,15H2,1-2H3. The van der Waals surface area contributed by atoms with Gasteiger partial charge in [-0.3, -0.25) is 0 Å². The van der Waals surface area contributed by atoms with Crippen molar-refractivity contribution in [3.63, 3.8) is 0 Å². The summed E-state index contributed by atoms with van der Waals surface area (Å²) in [6.45, 7) is 5.25. The highest BCUT2D eigenvalue weighted by Crippen LogP contribution is 2.15. The molecule has 0 fully saturated rings. The second-order valence-corrected chi connectivity index (χ2v) is 4.40. The largest absolute Gasteiger partial charge is 0.399 e. The molecule has 0 aliphatic heterocycles. The molecular formula is C14H19N3. The Morgan fingerprint density at radius 1 is 1.35 bits per heavy atom. The molecule has 2 N–H and O–H groups in total. The van der Waals surface area contributed by atoms with Gasteiger partial charge in [-0.15, -0.1) is 0 Å². The zero-order valence-corrected chi connectivity index (χ0v) is 10.5. The van der Waals surface area contributed by atoms with Gasteiger partial charge < -0.3 is 10.3 Å². The Balaban J connectivity index is 2.19. The molecule has 0 saturated carbocycles. The lowest BCUT2D eigenvalue weighted by molar-refractivity contribution is 0.647. The van der Waals surface area contributed by atoms with Crippen LogP contribution in [0.25, 0.3) is 0 Å². The van der Waals surface area contributed by atoms with Crippen LogP contribution in [0.3, 0.4) is 0 Å². The van der Waals surface area contributed by atoms with Crippen LogP contribution in [0.2, 0.25) is 0 Å². The average Bonchev–Trinajstić information content (AvgIpc) is 2.72. The third-order valence-electron chi connectivity index (χ3n) is 2.96. The molecular weight excluding hydrogens is 210 g/mol. The van der Waals surface area contributed by atoms with Crippen LogP contribution in [0.15, 0.2) is 30.6 Å². The molecule has 3 nitrogen and oxygen atoms in total. The van der Waals surface area contributed by atoms with E-state index in [-0.39, 0.29) is 0 Å². The maximum Gasteiger partial charge on any atom is 0.113 e. The van der Waals surface area contributed by atoms with Gasteiger partial charge in [0.05, 0.1) is 0 Å². The van der Waals surface area contributed by atoms with E-state index in [4.69, 9.17) is 5.73 Å². The van der Waals surface area contributed by atoms with Crippen molar-refractivity contribution in [2.24, 2.45) is 0 Å². The Hall–Kier alpha value is -1.77. The van der Waals surface area contributed by atoms with Crippen molar-refractivity contribution in [3.05, 3.63) is 47.5 Å². The van der Waals surface area contributed by atoms with Gasteiger partial charge in [0.25, 0.3) is 0 Å². The van der Waals surface area contributed by atoms with Gasteiger partial charge in [-0.1, -0.05) is 19.1 Å². The number of benzene rings is 1. The fraction of sp³-hybridized carbons (Fsp3) is 0.357. The van der Waals surface area contributed by atoms with Crippen LogP contribution in [-0.4, -0.2) is 9.55 Å². The number of nitrogens with zero attached hydrogens (tertiary/aromatic N) is 2. The van der Waals surface area contributed by atoms with Gasteiger partial charge in [-0.25, -0.2) is 4.98 Å². The highest BCUT2D eigenvalue weighted by Gasteiger charge is 2.04. The fourth-order valence-corrected chi connectivity index (χ4v) is 1.98. The van der Waals surface area contributed by atoms with Gasteiger partial charge in [0.1, 0.15) is 5.82 Å². The van der Waals surface area contributed by atoms with Crippen LogP contribution in [-0.2, 0) is 13.0 Å². The highest BCUT2D eigenvalue weighted by atomic mass is 15.1. The van der Waals surface area contributed by atoms with Crippen molar-refractivity contribution in [1.82, 2.24) is 9.55 Å². The van der Waals surface area contributed by atoms with Crippen LogP contribution >= 0.6 is 0 Å². The first-order valence-corrected chi connectivity index (χ1v) is 6.05. The normalized spacial score (nSPS) is 10.7. The molecule has 17 heavy (non-hydrogen) atoms. The van der Waals surface area contributed by atoms with Crippen molar-refractivity contribution in [3.8, 4) is 0 Å². The first kappa shape index (κ1) is 11.7. The molecule has 0 unspecified atom stereocenters. The Bertz CT molecular complexity index is 500. The number of nitrogens with two attached hydrogens (primary N) is 1. The molecule has 0 atom stereocenters. The monoisotopic (exact) mass is 229 g/mol. The first-order chi connectivity index (χ1) is 8.20. The number of nitrogen functional groups attached to an aromatic ring is 1. The first-order valence-electron chi connectivity index (χ1n) is 6.05. The van der Waals surface area contributed by atoms with Gasteiger partial charge in [-0.05, 0) is 30.5 Å². The molecule has 0 aliphatic rings. The fourth-order valence-electron chi connectivity index (χ4n) is 1.98. The molecule has 1 heterocycles. The molecule has 2 aromatic rings. The Labute approximate surface area is 102 Å². The number of anilines is 1. The van der Waals surface area contributed by atoms with Crippen molar-refractivity contribution >= 4 is 5.69 Å². The van der Waals surface area contributed by atoms with Gasteiger partial charge >= 0.3 is 0 Å². The number of aromatic nitrogens is 2. The smallest absolute Gasteiger partial charge is 0.113 e. The molecule has 1 aromatic heterocycles. The quantitative estimate of drug-likeness (QED) is 0.819. The van der Waals surface area contributed by atoms with Crippen LogP contribution < -0.4 is 5.73 Å². The maximum atomic E-state index is 5.82.